The number of amidine groups is 2. The topological polar surface area (TPSA) is 328 Å². The summed E-state index contributed by atoms with van der Waals surface area (Å²) >= 11 is 0. The highest BCUT2D eigenvalue weighted by molar-refractivity contribution is 7.86. The lowest BCUT2D eigenvalue weighted by Gasteiger charge is -2.08. The van der Waals surface area contributed by atoms with Crippen LogP contribution in [0.2, 0.25) is 0 Å². The van der Waals surface area contributed by atoms with E-state index in [0.29, 0.717) is 29.9 Å². The van der Waals surface area contributed by atoms with Gasteiger partial charge in [0, 0.05) is 17.2 Å². The van der Waals surface area contributed by atoms with Crippen molar-refractivity contribution >= 4 is 44.1 Å². The lowest BCUT2D eigenvalue weighted by Crippen LogP contribution is -2.10. The third kappa shape index (κ3) is 23.9. The molecule has 4 aromatic rings. The van der Waals surface area contributed by atoms with Crippen molar-refractivity contribution in [3.63, 3.8) is 0 Å². The van der Waals surface area contributed by atoms with E-state index in [4.69, 9.17) is 56.2 Å². The first kappa shape index (κ1) is 48.3. The van der Waals surface area contributed by atoms with Crippen LogP contribution in [0.5, 0.6) is 28.7 Å². The maximum absolute atomic E-state index is 9.63. The summed E-state index contributed by atoms with van der Waals surface area (Å²) in [5.41, 5.74) is 13.8. The van der Waals surface area contributed by atoms with Crippen molar-refractivity contribution in [3.05, 3.63) is 113 Å². The van der Waals surface area contributed by atoms with Gasteiger partial charge in [-0.25, -0.2) is 0 Å². The number of aromatic hydroxyl groups is 3. The highest BCUT2D eigenvalue weighted by Gasteiger charge is 2.02. The Labute approximate surface area is 325 Å². The van der Waals surface area contributed by atoms with E-state index in [0.717, 1.165) is 36.3 Å². The summed E-state index contributed by atoms with van der Waals surface area (Å²) in [6.45, 7) is 0.233. The predicted molar refractivity (Wildman–Crippen MR) is 214 cm³/mol. The summed E-state index contributed by atoms with van der Waals surface area (Å²) in [4.78, 5) is 0. The van der Waals surface area contributed by atoms with Crippen LogP contribution in [0.3, 0.4) is 0 Å². The number of benzene rings is 4. The van der Waals surface area contributed by atoms with E-state index < -0.39 is 45.0 Å². The molecule has 4 aromatic carbocycles. The van der Waals surface area contributed by atoms with Crippen LogP contribution in [0, 0.1) is 10.8 Å². The van der Waals surface area contributed by atoms with Crippen molar-refractivity contribution in [3.8, 4) is 28.7 Å². The van der Waals surface area contributed by atoms with Crippen LogP contribution in [0.1, 0.15) is 41.5 Å². The number of unbranched alkanes of at least 4 members (excludes halogenated alkanes) is 2. The van der Waals surface area contributed by atoms with E-state index >= 15 is 0 Å². The third-order valence-electron chi connectivity index (χ3n) is 6.64. The fraction of sp³-hybridized carbons (Fsp3) is 0.243. The van der Waals surface area contributed by atoms with Gasteiger partial charge in [0.2, 0.25) is 0 Å². The Morgan fingerprint density at radius 3 is 1.25 bits per heavy atom. The van der Waals surface area contributed by atoms with E-state index in [-0.39, 0.29) is 28.9 Å². The van der Waals surface area contributed by atoms with Gasteiger partial charge in [-0.1, -0.05) is 24.3 Å². The molecule has 0 aliphatic heterocycles. The normalized spacial score (nSPS) is 10.8. The molecule has 306 valence electrons. The molecule has 0 fully saturated rings. The number of aliphatic hydroxyl groups excluding tert-OH is 2. The minimum Gasteiger partial charge on any atom is -0.508 e. The van der Waals surface area contributed by atoms with Gasteiger partial charge in [0.25, 0.3) is 20.2 Å². The molecule has 13 N–H and O–H groups in total. The van der Waals surface area contributed by atoms with Crippen LogP contribution < -0.4 is 20.9 Å². The average Bonchev–Trinajstić information content (AvgIpc) is 3.11. The summed E-state index contributed by atoms with van der Waals surface area (Å²) in [5.74, 6) is 0.798. The second kappa shape index (κ2) is 25.4. The highest BCUT2D eigenvalue weighted by Crippen LogP contribution is 2.22. The molecule has 0 amide bonds. The quantitative estimate of drug-likeness (QED) is 0.0253. The zero-order chi connectivity index (χ0) is 42.1. The van der Waals surface area contributed by atoms with Crippen molar-refractivity contribution in [2.45, 2.75) is 19.3 Å². The monoisotopic (exact) mass is 820 g/mol. The number of nitrogen functional groups attached to an aromatic ring is 2. The number of nitrogens with two attached hydrogens (primary N) is 2. The van der Waals surface area contributed by atoms with Gasteiger partial charge in [-0.05, 0) is 103 Å². The van der Waals surface area contributed by atoms with Crippen molar-refractivity contribution in [1.82, 2.24) is 0 Å². The smallest absolute Gasteiger partial charge is 0.267 e. The third-order valence-corrected chi connectivity index (χ3v) is 8.04. The van der Waals surface area contributed by atoms with Gasteiger partial charge in [0.15, 0.2) is 0 Å². The zero-order valence-electron chi connectivity index (χ0n) is 30.2. The Bertz CT molecular complexity index is 1910. The summed E-state index contributed by atoms with van der Waals surface area (Å²) in [5, 5.41) is 58.1. The molecule has 0 heterocycles. The number of hydrogen-bond acceptors (Lipinski definition) is 13. The molecule has 56 heavy (non-hydrogen) atoms. The van der Waals surface area contributed by atoms with Gasteiger partial charge in [-0.3, -0.25) is 19.9 Å². The van der Waals surface area contributed by atoms with Gasteiger partial charge in [-0.2, -0.15) is 16.8 Å². The Hall–Kier alpha value is -5.70. The van der Waals surface area contributed by atoms with Crippen molar-refractivity contribution < 1.29 is 60.9 Å². The first-order chi connectivity index (χ1) is 26.3. The van der Waals surface area contributed by atoms with Crippen molar-refractivity contribution in [2.24, 2.45) is 11.5 Å². The number of ether oxygens (including phenoxy) is 2. The van der Waals surface area contributed by atoms with E-state index in [1.165, 1.54) is 6.07 Å². The van der Waals surface area contributed by atoms with Crippen molar-refractivity contribution in [2.75, 3.05) is 37.9 Å². The molecule has 0 atom stereocenters. The largest absolute Gasteiger partial charge is 0.508 e. The van der Waals surface area contributed by atoms with Crippen LogP contribution in [0.25, 0.3) is 12.2 Å². The molecule has 0 aromatic heterocycles. The molecular weight excluding hydrogens is 773 g/mol. The number of phenolic OH excluding ortho intramolecular Hbond substituents is 3. The van der Waals surface area contributed by atoms with E-state index in [1.807, 2.05) is 30.3 Å². The fourth-order valence-electron chi connectivity index (χ4n) is 3.95. The maximum Gasteiger partial charge on any atom is 0.267 e. The molecule has 0 unspecified atom stereocenters. The van der Waals surface area contributed by atoms with Crippen LogP contribution in [-0.2, 0) is 20.2 Å². The van der Waals surface area contributed by atoms with E-state index in [2.05, 4.69) is 0 Å². The van der Waals surface area contributed by atoms with Gasteiger partial charge < -0.3 is 46.5 Å². The van der Waals surface area contributed by atoms with E-state index in [9.17, 15) is 27.0 Å². The minimum absolute atomic E-state index is 0.0235. The molecule has 0 aliphatic rings. The minimum atomic E-state index is -3.92. The molecule has 0 radical (unpaired) electrons. The Kier molecular flexibility index (Phi) is 21.9. The number of hydrogen-bond donors (Lipinski definition) is 11. The fourth-order valence-corrected chi connectivity index (χ4v) is 4.41. The average molecular weight is 821 g/mol. The SMILES string of the molecule is N=C(N)c1ccc(OCCCCCOc2ccc(C(=N)N)cc2)cc1.O=S(=O)(O)CCO.O=S(=O)(O)CCO.Oc1ccc(C=Cc2cc(O)cc(O)c2)cc1. The second-order valence-electron chi connectivity index (χ2n) is 11.4. The van der Waals surface area contributed by atoms with Gasteiger partial charge >= 0.3 is 0 Å². The zero-order valence-corrected chi connectivity index (χ0v) is 31.9. The number of nitrogens with one attached hydrogen (secondary N) is 2. The maximum atomic E-state index is 9.63. The first-order valence-corrected chi connectivity index (χ1v) is 19.8. The second-order valence-corrected chi connectivity index (χ2v) is 14.5. The van der Waals surface area contributed by atoms with Crippen LogP contribution in [0.15, 0.2) is 91.0 Å². The summed E-state index contributed by atoms with van der Waals surface area (Å²) < 4.78 is 65.5. The van der Waals surface area contributed by atoms with Crippen LogP contribution in [0.4, 0.5) is 0 Å². The Morgan fingerprint density at radius 2 is 0.929 bits per heavy atom. The summed E-state index contributed by atoms with van der Waals surface area (Å²) in [6, 6.07) is 25.5. The molecule has 4 rings (SSSR count). The first-order valence-electron chi connectivity index (χ1n) is 16.6. The predicted octanol–water partition coefficient (Wildman–Crippen LogP) is 3.59. The van der Waals surface area contributed by atoms with Gasteiger partial charge in [0.05, 0.1) is 37.9 Å². The van der Waals surface area contributed by atoms with Gasteiger partial charge in [-0.15, -0.1) is 0 Å². The molecule has 17 nitrogen and oxygen atoms in total. The van der Waals surface area contributed by atoms with Gasteiger partial charge in [0.1, 0.15) is 40.4 Å². The van der Waals surface area contributed by atoms with Crippen molar-refractivity contribution in [1.29, 1.82) is 10.8 Å². The van der Waals surface area contributed by atoms with Crippen LogP contribution in [-0.4, -0.2) is 101 Å². The van der Waals surface area contributed by atoms with Crippen LogP contribution >= 0.6 is 0 Å². The highest BCUT2D eigenvalue weighted by atomic mass is 32.2. The molecule has 0 spiro atoms. The molecule has 19 heteroatoms. The number of rotatable bonds is 16. The molecule has 0 aliphatic carbocycles. The lowest BCUT2D eigenvalue weighted by molar-refractivity contribution is 0.279. The Morgan fingerprint density at radius 1 is 0.554 bits per heavy atom. The van der Waals surface area contributed by atoms with E-state index in [1.54, 1.807) is 66.7 Å². The summed E-state index contributed by atoms with van der Waals surface area (Å²) in [7, 11) is -7.85. The molecule has 0 bridgehead atoms. The summed E-state index contributed by atoms with van der Waals surface area (Å²) in [6.07, 6.45) is 6.50. The number of phenols is 3. The number of aliphatic hydroxyl groups is 2. The molecule has 0 saturated carbocycles. The molecular formula is C37H48N4O13S2. The standard InChI is InChI=1S/C19H24N4O2.C14H12O3.2C2H6O4S/c20-18(21)14-4-8-16(9-5-14)24-12-2-1-3-13-25-17-10-6-15(7-11-17)19(22)23;15-12-5-3-10(4-6-12)1-2-11-7-13(16)9-14(17)8-11;2*3-1-2-7(4,5)6/h4-11H,1-3,12-13H2,(H3,20,21)(H3,22,23);1-9,15-17H;2*3H,1-2H2,(H,4,5,6). The lowest BCUT2D eigenvalue weighted by atomic mass is 10.1. The Balaban J connectivity index is 0.000000433. The molecule has 0 saturated heterocycles.